The largest absolute Gasteiger partial charge is 0.353 e. The van der Waals surface area contributed by atoms with Gasteiger partial charge < -0.3 is 5.32 Å². The zero-order chi connectivity index (χ0) is 9.26. The molecule has 1 N–H and O–H groups in total. The van der Waals surface area contributed by atoms with E-state index in [1.807, 2.05) is 19.1 Å². The molecule has 3 heteroatoms. The molecule has 2 heterocycles. The van der Waals surface area contributed by atoms with E-state index in [-0.39, 0.29) is 11.9 Å². The molecule has 1 aromatic rings. The summed E-state index contributed by atoms with van der Waals surface area (Å²) in [6.07, 6.45) is 4.14. The molecule has 0 radical (unpaired) electrons. The van der Waals surface area contributed by atoms with Crippen molar-refractivity contribution in [3.05, 3.63) is 30.1 Å². The molecule has 0 spiro atoms. The van der Waals surface area contributed by atoms with Crippen molar-refractivity contribution in [1.29, 1.82) is 0 Å². The van der Waals surface area contributed by atoms with Gasteiger partial charge in [-0.1, -0.05) is 0 Å². The predicted octanol–water partition coefficient (Wildman–Crippen LogP) is 1.07. The van der Waals surface area contributed by atoms with Crippen LogP contribution in [0, 0.1) is 0 Å². The first-order chi connectivity index (χ1) is 6.27. The van der Waals surface area contributed by atoms with E-state index in [1.54, 1.807) is 12.4 Å². The summed E-state index contributed by atoms with van der Waals surface area (Å²) in [6, 6.07) is 4.19. The van der Waals surface area contributed by atoms with Gasteiger partial charge in [-0.05, 0) is 24.6 Å². The average Bonchev–Trinajstić information content (AvgIpc) is 2.47. The number of nitrogens with one attached hydrogen (secondary N) is 1. The van der Waals surface area contributed by atoms with Crippen LogP contribution >= 0.6 is 0 Å². The van der Waals surface area contributed by atoms with Gasteiger partial charge in [0.05, 0.1) is 0 Å². The maximum Gasteiger partial charge on any atom is 0.220 e. The van der Waals surface area contributed by atoms with Crippen molar-refractivity contribution >= 4 is 5.91 Å². The molecule has 0 bridgehead atoms. The summed E-state index contributed by atoms with van der Waals surface area (Å²) in [7, 11) is 0. The van der Waals surface area contributed by atoms with Crippen LogP contribution in [0.25, 0.3) is 0 Å². The van der Waals surface area contributed by atoms with Gasteiger partial charge in [0.1, 0.15) is 0 Å². The molecule has 1 aliphatic heterocycles. The minimum absolute atomic E-state index is 0.148. The minimum Gasteiger partial charge on any atom is -0.353 e. The van der Waals surface area contributed by atoms with Crippen molar-refractivity contribution in [3.63, 3.8) is 0 Å². The lowest BCUT2D eigenvalue weighted by Gasteiger charge is -2.13. The highest BCUT2D eigenvalue weighted by Crippen LogP contribution is 2.27. The Morgan fingerprint density at radius 2 is 2.15 bits per heavy atom. The molecule has 1 amide bonds. The Bertz CT molecular complexity index is 310. The third-order valence-electron chi connectivity index (χ3n) is 2.53. The second-order valence-corrected chi connectivity index (χ2v) is 3.45. The van der Waals surface area contributed by atoms with Crippen LogP contribution in [0.5, 0.6) is 0 Å². The van der Waals surface area contributed by atoms with Crippen LogP contribution in [0.4, 0.5) is 0 Å². The lowest BCUT2D eigenvalue weighted by atomic mass is 9.94. The van der Waals surface area contributed by atoms with Crippen LogP contribution in [0.2, 0.25) is 0 Å². The van der Waals surface area contributed by atoms with E-state index in [9.17, 15) is 4.79 Å². The molecule has 13 heavy (non-hydrogen) atoms. The summed E-state index contributed by atoms with van der Waals surface area (Å²) in [5, 5.41) is 2.91. The Morgan fingerprint density at radius 3 is 2.69 bits per heavy atom. The molecule has 2 atom stereocenters. The molecule has 1 aliphatic rings. The average molecular weight is 176 g/mol. The highest BCUT2D eigenvalue weighted by atomic mass is 16.1. The number of pyridine rings is 1. The van der Waals surface area contributed by atoms with Crippen LogP contribution in [-0.2, 0) is 4.79 Å². The van der Waals surface area contributed by atoms with Gasteiger partial charge in [-0.3, -0.25) is 9.78 Å². The molecular weight excluding hydrogens is 164 g/mol. The second kappa shape index (κ2) is 3.17. The summed E-state index contributed by atoms with van der Waals surface area (Å²) in [6.45, 7) is 2.04. The lowest BCUT2D eigenvalue weighted by Crippen LogP contribution is -2.24. The zero-order valence-electron chi connectivity index (χ0n) is 7.53. The van der Waals surface area contributed by atoms with Gasteiger partial charge >= 0.3 is 0 Å². The van der Waals surface area contributed by atoms with E-state index in [1.165, 1.54) is 5.56 Å². The Labute approximate surface area is 77.2 Å². The monoisotopic (exact) mass is 176 g/mol. The fraction of sp³-hybridized carbons (Fsp3) is 0.400. The van der Waals surface area contributed by atoms with Crippen LogP contribution in [-0.4, -0.2) is 16.9 Å². The molecule has 1 fully saturated rings. The van der Waals surface area contributed by atoms with E-state index >= 15 is 0 Å². The zero-order valence-corrected chi connectivity index (χ0v) is 7.53. The summed E-state index contributed by atoms with van der Waals surface area (Å²) in [4.78, 5) is 15.1. The van der Waals surface area contributed by atoms with E-state index in [2.05, 4.69) is 10.3 Å². The van der Waals surface area contributed by atoms with Crippen molar-refractivity contribution in [3.8, 4) is 0 Å². The van der Waals surface area contributed by atoms with E-state index in [0.717, 1.165) is 0 Å². The van der Waals surface area contributed by atoms with Crippen molar-refractivity contribution in [2.24, 2.45) is 0 Å². The first-order valence-corrected chi connectivity index (χ1v) is 4.46. The molecule has 1 aromatic heterocycles. The molecule has 3 nitrogen and oxygen atoms in total. The third kappa shape index (κ3) is 1.54. The Hall–Kier alpha value is -1.38. The van der Waals surface area contributed by atoms with Crippen molar-refractivity contribution in [1.82, 2.24) is 10.3 Å². The Kier molecular flexibility index (Phi) is 2.00. The predicted molar refractivity (Wildman–Crippen MR) is 49.2 cm³/mol. The molecule has 0 saturated carbocycles. The molecule has 2 rings (SSSR count). The number of rotatable bonds is 1. The van der Waals surface area contributed by atoms with Gasteiger partial charge in [0.25, 0.3) is 0 Å². The highest BCUT2D eigenvalue weighted by Gasteiger charge is 2.29. The number of amides is 1. The van der Waals surface area contributed by atoms with E-state index in [4.69, 9.17) is 0 Å². The molecule has 0 aromatic carbocycles. The fourth-order valence-corrected chi connectivity index (χ4v) is 1.81. The van der Waals surface area contributed by atoms with Gasteiger partial charge in [0, 0.05) is 30.8 Å². The number of hydrogen-bond acceptors (Lipinski definition) is 2. The fourth-order valence-electron chi connectivity index (χ4n) is 1.81. The Morgan fingerprint density at radius 1 is 1.46 bits per heavy atom. The number of carbonyl (C=O) groups excluding carboxylic acids is 1. The molecule has 1 saturated heterocycles. The third-order valence-corrected chi connectivity index (χ3v) is 2.53. The summed E-state index contributed by atoms with van der Waals surface area (Å²) >= 11 is 0. The quantitative estimate of drug-likeness (QED) is 0.695. The molecule has 0 aliphatic carbocycles. The smallest absolute Gasteiger partial charge is 0.220 e. The topological polar surface area (TPSA) is 42.0 Å². The van der Waals surface area contributed by atoms with Gasteiger partial charge in [-0.25, -0.2) is 0 Å². The standard InChI is InChI=1S/C10H12N2O/c1-7-9(6-10(13)12-7)8-2-4-11-5-3-8/h2-5,7,9H,6H2,1H3,(H,12,13). The van der Waals surface area contributed by atoms with Gasteiger partial charge in [-0.15, -0.1) is 0 Å². The molecule has 68 valence electrons. The Balaban J connectivity index is 2.23. The number of aromatic nitrogens is 1. The lowest BCUT2D eigenvalue weighted by molar-refractivity contribution is -0.119. The van der Waals surface area contributed by atoms with Gasteiger partial charge in [0.2, 0.25) is 5.91 Å². The van der Waals surface area contributed by atoms with Crippen molar-refractivity contribution in [2.75, 3.05) is 0 Å². The SMILES string of the molecule is CC1NC(=O)CC1c1ccncc1. The van der Waals surface area contributed by atoms with E-state index < -0.39 is 0 Å². The maximum absolute atomic E-state index is 11.1. The van der Waals surface area contributed by atoms with Gasteiger partial charge in [-0.2, -0.15) is 0 Å². The summed E-state index contributed by atoms with van der Waals surface area (Å²) in [5.74, 6) is 0.463. The summed E-state index contributed by atoms with van der Waals surface area (Å²) < 4.78 is 0. The maximum atomic E-state index is 11.1. The minimum atomic E-state index is 0.148. The number of nitrogens with zero attached hydrogens (tertiary/aromatic N) is 1. The van der Waals surface area contributed by atoms with Crippen LogP contribution in [0.3, 0.4) is 0 Å². The number of hydrogen-bond donors (Lipinski definition) is 1. The van der Waals surface area contributed by atoms with Crippen molar-refractivity contribution < 1.29 is 4.79 Å². The second-order valence-electron chi connectivity index (χ2n) is 3.45. The van der Waals surface area contributed by atoms with Crippen LogP contribution in [0.1, 0.15) is 24.8 Å². The highest BCUT2D eigenvalue weighted by molar-refractivity contribution is 5.80. The summed E-state index contributed by atoms with van der Waals surface area (Å²) in [5.41, 5.74) is 1.20. The van der Waals surface area contributed by atoms with Crippen LogP contribution < -0.4 is 5.32 Å². The first kappa shape index (κ1) is 8.23. The van der Waals surface area contributed by atoms with E-state index in [0.29, 0.717) is 12.3 Å². The normalized spacial score (nSPS) is 27.3. The van der Waals surface area contributed by atoms with Crippen molar-refractivity contribution in [2.45, 2.75) is 25.3 Å². The van der Waals surface area contributed by atoms with Crippen LogP contribution in [0.15, 0.2) is 24.5 Å². The van der Waals surface area contributed by atoms with Gasteiger partial charge in [0.15, 0.2) is 0 Å². The molecule has 2 unspecified atom stereocenters. The molecular formula is C10H12N2O. The first-order valence-electron chi connectivity index (χ1n) is 4.46. The number of carbonyl (C=O) groups is 1.